The van der Waals surface area contributed by atoms with Gasteiger partial charge in [-0.25, -0.2) is 4.79 Å². The lowest BCUT2D eigenvalue weighted by molar-refractivity contribution is -0.137. The van der Waals surface area contributed by atoms with Crippen LogP contribution in [0.4, 0.5) is 4.79 Å². The average molecular weight is 299 g/mol. The fourth-order valence-corrected chi connectivity index (χ4v) is 2.78. The Kier molecular flexibility index (Phi) is 5.81. The van der Waals surface area contributed by atoms with Crippen LogP contribution in [0.2, 0.25) is 0 Å². The Bertz CT molecular complexity index is 363. The SMILES string of the molecule is CC(NC(=O)N1CCN(CCC(=O)O)CC1)C1CCOC1. The summed E-state index contributed by atoms with van der Waals surface area (Å²) in [6.45, 7) is 6.88. The first-order valence-electron chi connectivity index (χ1n) is 7.63. The normalized spacial score (nSPS) is 24.8. The van der Waals surface area contributed by atoms with Gasteiger partial charge in [0, 0.05) is 51.3 Å². The van der Waals surface area contributed by atoms with E-state index < -0.39 is 5.97 Å². The Morgan fingerprint density at radius 2 is 2.05 bits per heavy atom. The minimum Gasteiger partial charge on any atom is -0.481 e. The summed E-state index contributed by atoms with van der Waals surface area (Å²) in [7, 11) is 0. The van der Waals surface area contributed by atoms with Crippen molar-refractivity contribution in [2.45, 2.75) is 25.8 Å². The van der Waals surface area contributed by atoms with Crippen molar-refractivity contribution in [2.24, 2.45) is 5.92 Å². The van der Waals surface area contributed by atoms with Gasteiger partial charge in [-0.1, -0.05) is 0 Å². The van der Waals surface area contributed by atoms with Crippen molar-refractivity contribution in [3.05, 3.63) is 0 Å². The zero-order valence-electron chi connectivity index (χ0n) is 12.6. The molecule has 7 nitrogen and oxygen atoms in total. The van der Waals surface area contributed by atoms with Crippen LogP contribution in [0.5, 0.6) is 0 Å². The van der Waals surface area contributed by atoms with Crippen LogP contribution in [0.15, 0.2) is 0 Å². The van der Waals surface area contributed by atoms with Gasteiger partial charge >= 0.3 is 12.0 Å². The molecule has 2 fully saturated rings. The number of carbonyl (C=O) groups excluding carboxylic acids is 1. The van der Waals surface area contributed by atoms with E-state index in [1.54, 1.807) is 0 Å². The molecule has 7 heteroatoms. The summed E-state index contributed by atoms with van der Waals surface area (Å²) < 4.78 is 5.35. The minimum absolute atomic E-state index is 0.0210. The highest BCUT2D eigenvalue weighted by molar-refractivity contribution is 5.74. The van der Waals surface area contributed by atoms with Gasteiger partial charge in [-0.05, 0) is 13.3 Å². The summed E-state index contributed by atoms with van der Waals surface area (Å²) in [6, 6.07) is 0.109. The maximum absolute atomic E-state index is 12.2. The number of hydrogen-bond acceptors (Lipinski definition) is 4. The first-order valence-corrected chi connectivity index (χ1v) is 7.63. The summed E-state index contributed by atoms with van der Waals surface area (Å²) in [4.78, 5) is 26.6. The van der Waals surface area contributed by atoms with Crippen molar-refractivity contribution in [3.63, 3.8) is 0 Å². The van der Waals surface area contributed by atoms with Crippen LogP contribution in [0.1, 0.15) is 19.8 Å². The van der Waals surface area contributed by atoms with Crippen molar-refractivity contribution < 1.29 is 19.4 Å². The van der Waals surface area contributed by atoms with Gasteiger partial charge in [-0.15, -0.1) is 0 Å². The molecule has 0 aromatic heterocycles. The summed E-state index contributed by atoms with van der Waals surface area (Å²) in [5.74, 6) is -0.367. The number of piperazine rings is 1. The number of nitrogens with zero attached hydrogens (tertiary/aromatic N) is 2. The Labute approximate surface area is 125 Å². The Balaban J connectivity index is 1.68. The molecule has 2 unspecified atom stereocenters. The Morgan fingerprint density at radius 1 is 1.33 bits per heavy atom. The smallest absolute Gasteiger partial charge is 0.317 e. The molecule has 0 radical (unpaired) electrons. The number of aliphatic carboxylic acids is 1. The molecule has 0 aromatic carbocycles. The monoisotopic (exact) mass is 299 g/mol. The van der Waals surface area contributed by atoms with E-state index in [1.807, 2.05) is 11.8 Å². The van der Waals surface area contributed by atoms with Crippen LogP contribution in [-0.2, 0) is 9.53 Å². The lowest BCUT2D eigenvalue weighted by atomic mass is 10.0. The summed E-state index contributed by atoms with van der Waals surface area (Å²) in [5, 5.41) is 11.7. The molecule has 2 atom stereocenters. The zero-order valence-corrected chi connectivity index (χ0v) is 12.6. The summed E-state index contributed by atoms with van der Waals surface area (Å²) in [6.07, 6.45) is 1.16. The number of carbonyl (C=O) groups is 2. The van der Waals surface area contributed by atoms with Crippen molar-refractivity contribution in [1.82, 2.24) is 15.1 Å². The highest BCUT2D eigenvalue weighted by Gasteiger charge is 2.26. The van der Waals surface area contributed by atoms with E-state index >= 15 is 0 Å². The topological polar surface area (TPSA) is 82.1 Å². The third-order valence-corrected chi connectivity index (χ3v) is 4.32. The van der Waals surface area contributed by atoms with Crippen molar-refractivity contribution in [3.8, 4) is 0 Å². The molecule has 2 N–H and O–H groups in total. The third kappa shape index (κ3) is 4.86. The molecular formula is C14H25N3O4. The maximum atomic E-state index is 12.2. The average Bonchev–Trinajstić information content (AvgIpc) is 3.00. The molecule has 2 heterocycles. The van der Waals surface area contributed by atoms with E-state index in [0.717, 1.165) is 32.7 Å². The van der Waals surface area contributed by atoms with Crippen LogP contribution in [0.25, 0.3) is 0 Å². The number of carboxylic acids is 1. The molecule has 0 aliphatic carbocycles. The molecule has 120 valence electrons. The molecule has 2 aliphatic heterocycles. The van der Waals surface area contributed by atoms with E-state index in [1.165, 1.54) is 0 Å². The lowest BCUT2D eigenvalue weighted by Gasteiger charge is -2.35. The highest BCUT2D eigenvalue weighted by Crippen LogP contribution is 2.16. The predicted molar refractivity (Wildman–Crippen MR) is 77.2 cm³/mol. The zero-order chi connectivity index (χ0) is 15.2. The van der Waals surface area contributed by atoms with Gasteiger partial charge in [0.1, 0.15) is 0 Å². The van der Waals surface area contributed by atoms with Crippen molar-refractivity contribution >= 4 is 12.0 Å². The second-order valence-electron chi connectivity index (χ2n) is 5.83. The molecule has 0 spiro atoms. The van der Waals surface area contributed by atoms with Gasteiger partial charge in [0.15, 0.2) is 0 Å². The van der Waals surface area contributed by atoms with Crippen LogP contribution in [0, 0.1) is 5.92 Å². The van der Waals surface area contributed by atoms with Gasteiger partial charge in [-0.3, -0.25) is 9.69 Å². The van der Waals surface area contributed by atoms with E-state index in [9.17, 15) is 9.59 Å². The number of amides is 2. The minimum atomic E-state index is -0.775. The number of nitrogens with one attached hydrogen (secondary N) is 1. The van der Waals surface area contributed by atoms with Crippen molar-refractivity contribution in [2.75, 3.05) is 45.9 Å². The lowest BCUT2D eigenvalue weighted by Crippen LogP contribution is -2.54. The Morgan fingerprint density at radius 3 is 2.62 bits per heavy atom. The van der Waals surface area contributed by atoms with E-state index in [2.05, 4.69) is 10.2 Å². The van der Waals surface area contributed by atoms with Crippen LogP contribution in [-0.4, -0.2) is 78.9 Å². The fraction of sp³-hybridized carbons (Fsp3) is 0.857. The van der Waals surface area contributed by atoms with E-state index in [4.69, 9.17) is 9.84 Å². The molecule has 0 aromatic rings. The quantitative estimate of drug-likeness (QED) is 0.758. The molecular weight excluding hydrogens is 274 g/mol. The molecule has 2 amide bonds. The number of carboxylic acid groups (broad SMARTS) is 1. The van der Waals surface area contributed by atoms with Gasteiger partial charge in [0.05, 0.1) is 13.0 Å². The summed E-state index contributed by atoms with van der Waals surface area (Å²) >= 11 is 0. The van der Waals surface area contributed by atoms with Gasteiger partial charge < -0.3 is 20.1 Å². The second-order valence-corrected chi connectivity index (χ2v) is 5.83. The number of rotatable bonds is 5. The first-order chi connectivity index (χ1) is 10.1. The standard InChI is InChI=1S/C14H25N3O4/c1-11(12-3-9-21-10-12)15-14(20)17-7-5-16(6-8-17)4-2-13(18)19/h11-12H,2-10H2,1H3,(H,15,20)(H,18,19). The van der Waals surface area contributed by atoms with E-state index in [0.29, 0.717) is 25.6 Å². The second kappa shape index (κ2) is 7.61. The highest BCUT2D eigenvalue weighted by atomic mass is 16.5. The predicted octanol–water partition coefficient (Wildman–Crippen LogP) is 0.213. The van der Waals surface area contributed by atoms with Crippen LogP contribution >= 0.6 is 0 Å². The van der Waals surface area contributed by atoms with Gasteiger partial charge in [0.25, 0.3) is 0 Å². The van der Waals surface area contributed by atoms with Crippen LogP contribution < -0.4 is 5.32 Å². The molecule has 21 heavy (non-hydrogen) atoms. The summed E-state index contributed by atoms with van der Waals surface area (Å²) in [5.41, 5.74) is 0. The molecule has 0 saturated carbocycles. The third-order valence-electron chi connectivity index (χ3n) is 4.32. The largest absolute Gasteiger partial charge is 0.481 e. The molecule has 2 saturated heterocycles. The maximum Gasteiger partial charge on any atom is 0.317 e. The fourth-order valence-electron chi connectivity index (χ4n) is 2.78. The number of hydrogen-bond donors (Lipinski definition) is 2. The van der Waals surface area contributed by atoms with Gasteiger partial charge in [0.2, 0.25) is 0 Å². The molecule has 2 rings (SSSR count). The van der Waals surface area contributed by atoms with Gasteiger partial charge in [-0.2, -0.15) is 0 Å². The first kappa shape index (κ1) is 16.0. The molecule has 2 aliphatic rings. The molecule has 0 bridgehead atoms. The number of ether oxygens (including phenoxy) is 1. The number of urea groups is 1. The van der Waals surface area contributed by atoms with E-state index in [-0.39, 0.29) is 18.5 Å². The Hall–Kier alpha value is -1.34. The van der Waals surface area contributed by atoms with Crippen molar-refractivity contribution in [1.29, 1.82) is 0 Å². The van der Waals surface area contributed by atoms with Crippen LogP contribution in [0.3, 0.4) is 0 Å².